The monoisotopic (exact) mass is 314 g/mol. The van der Waals surface area contributed by atoms with E-state index in [0.29, 0.717) is 0 Å². The zero-order chi connectivity index (χ0) is 12.0. The molecule has 0 spiro atoms. The number of aromatic nitrogens is 3. The molecule has 0 unspecified atom stereocenters. The number of nitrogens with two attached hydrogens (primary N) is 3. The van der Waals surface area contributed by atoms with E-state index in [1.807, 2.05) is 0 Å². The number of carbonyl (C=O) groups is 2. The van der Waals surface area contributed by atoms with Crippen molar-refractivity contribution in [2.45, 2.75) is 0 Å². The summed E-state index contributed by atoms with van der Waals surface area (Å²) in [5.74, 6) is -3.88. The molecule has 108 valence electrons. The maximum absolute atomic E-state index is 9.04. The van der Waals surface area contributed by atoms with Crippen LogP contribution in [0.4, 0.5) is 17.8 Å². The number of carboxylic acids is 2. The van der Waals surface area contributed by atoms with Crippen LogP contribution in [0.25, 0.3) is 0 Å². The second-order valence-electron chi connectivity index (χ2n) is 2.00. The first-order chi connectivity index (χ1) is 6.82. The standard InChI is InChI=1S/C3H6N6.C2H2O4.Cu.2H2O/c4-1-7-2(5)9-3(6)8-1;3-1(4)2(5)6;;;/h(H6,4,5,6,7,8,9);(H,3,4)(H,5,6);;2*1H2/q;;+1;;/p-1. The molecule has 0 atom stereocenters. The molecule has 1 rings (SSSR count). The summed E-state index contributed by atoms with van der Waals surface area (Å²) in [5, 5.41) is 16.3. The van der Waals surface area contributed by atoms with Crippen molar-refractivity contribution in [3.8, 4) is 0 Å². The molecule has 0 saturated carbocycles. The van der Waals surface area contributed by atoms with Crippen molar-refractivity contribution < 1.29 is 47.8 Å². The third-order valence-corrected chi connectivity index (χ3v) is 0.862. The number of carbonyl (C=O) groups excluding carboxylic acids is 1. The van der Waals surface area contributed by atoms with Crippen LogP contribution in [0.2, 0.25) is 0 Å². The Bertz CT molecular complexity index is 326. The summed E-state index contributed by atoms with van der Waals surface area (Å²) in [7, 11) is 0. The van der Waals surface area contributed by atoms with Gasteiger partial charge in [0.25, 0.3) is 0 Å². The van der Waals surface area contributed by atoms with Crippen molar-refractivity contribution in [1.29, 1.82) is 0 Å². The fraction of sp³-hybridized carbons (Fsp3) is 0. The largest absolute Gasteiger partial charge is 1.00 e. The van der Waals surface area contributed by atoms with Gasteiger partial charge in [-0.3, -0.25) is 0 Å². The topological polar surface area (TPSA) is 257 Å². The van der Waals surface area contributed by atoms with E-state index in [2.05, 4.69) is 15.0 Å². The van der Waals surface area contributed by atoms with Crippen LogP contribution in [0.3, 0.4) is 0 Å². The van der Waals surface area contributed by atoms with Crippen LogP contribution in [0.15, 0.2) is 0 Å². The van der Waals surface area contributed by atoms with Gasteiger partial charge >= 0.3 is 23.0 Å². The molecule has 0 aliphatic rings. The summed E-state index contributed by atoms with van der Waals surface area (Å²) in [6, 6.07) is 0. The van der Waals surface area contributed by atoms with Gasteiger partial charge in [0.1, 0.15) is 0 Å². The molecule has 0 fully saturated rings. The number of hydrogen-bond acceptors (Lipinski definition) is 9. The van der Waals surface area contributed by atoms with Crippen molar-refractivity contribution >= 4 is 29.8 Å². The van der Waals surface area contributed by atoms with Gasteiger partial charge in [0, 0.05) is 0 Å². The third kappa shape index (κ3) is 11.9. The molecule has 0 bridgehead atoms. The van der Waals surface area contributed by atoms with Gasteiger partial charge in [0.15, 0.2) is 5.97 Å². The SMILES string of the molecule is Nc1nc(N)nc(N)n1.O.O.O=C([O-])C(=O)O.[Cu+]. The van der Waals surface area contributed by atoms with Crippen molar-refractivity contribution in [2.24, 2.45) is 0 Å². The summed E-state index contributed by atoms with van der Waals surface area (Å²) in [6.07, 6.45) is 0. The van der Waals surface area contributed by atoms with Gasteiger partial charge in [-0.05, 0) is 0 Å². The summed E-state index contributed by atoms with van der Waals surface area (Å²) in [4.78, 5) is 28.5. The molecule has 0 radical (unpaired) electrons. The van der Waals surface area contributed by atoms with Gasteiger partial charge in [0.05, 0.1) is 0 Å². The van der Waals surface area contributed by atoms with Crippen molar-refractivity contribution in [1.82, 2.24) is 15.0 Å². The molecule has 0 aromatic carbocycles. The molecule has 1 heterocycles. The van der Waals surface area contributed by atoms with Gasteiger partial charge < -0.3 is 43.2 Å². The number of rotatable bonds is 0. The number of carboxylic acid groups (broad SMARTS) is 2. The normalized spacial score (nSPS) is 7.11. The van der Waals surface area contributed by atoms with E-state index in [9.17, 15) is 0 Å². The second-order valence-corrected chi connectivity index (χ2v) is 2.00. The number of hydrogen-bond donors (Lipinski definition) is 4. The van der Waals surface area contributed by atoms with Crippen molar-refractivity contribution in [3.63, 3.8) is 0 Å². The van der Waals surface area contributed by atoms with Gasteiger partial charge in [-0.1, -0.05) is 0 Å². The minimum absolute atomic E-state index is 0. The number of anilines is 3. The molecule has 11 N–H and O–H groups in total. The first kappa shape index (κ1) is 24.8. The Labute approximate surface area is 110 Å². The van der Waals surface area contributed by atoms with Gasteiger partial charge in [-0.15, -0.1) is 0 Å². The molecular formula is C5H11CuN6O6. The van der Waals surface area contributed by atoms with Crippen molar-refractivity contribution in [2.75, 3.05) is 17.2 Å². The van der Waals surface area contributed by atoms with Crippen molar-refractivity contribution in [3.05, 3.63) is 0 Å². The molecule has 0 aliphatic heterocycles. The molecule has 0 amide bonds. The Hall–Kier alpha value is -2.21. The molecule has 13 heteroatoms. The molecule has 12 nitrogen and oxygen atoms in total. The summed E-state index contributed by atoms with van der Waals surface area (Å²) in [6.45, 7) is 0. The average molecular weight is 315 g/mol. The smallest absolute Gasteiger partial charge is 0.539 e. The van der Waals surface area contributed by atoms with E-state index in [1.165, 1.54) is 0 Å². The quantitative estimate of drug-likeness (QED) is 0.261. The Balaban J connectivity index is -0.0000000992. The maximum Gasteiger partial charge on any atom is 1.00 e. The number of nitrogen functional groups attached to an aromatic ring is 3. The Morgan fingerprint density at radius 1 is 0.944 bits per heavy atom. The van der Waals surface area contributed by atoms with Gasteiger partial charge in [-0.2, -0.15) is 15.0 Å². The van der Waals surface area contributed by atoms with Crippen LogP contribution >= 0.6 is 0 Å². The summed E-state index contributed by atoms with van der Waals surface area (Å²) >= 11 is 0. The molecule has 18 heavy (non-hydrogen) atoms. The molecule has 0 saturated heterocycles. The van der Waals surface area contributed by atoms with Crippen LogP contribution in [0.5, 0.6) is 0 Å². The summed E-state index contributed by atoms with van der Waals surface area (Å²) in [5.41, 5.74) is 15.4. The fourth-order valence-electron chi connectivity index (χ4n) is 0.427. The van der Waals surface area contributed by atoms with E-state index >= 15 is 0 Å². The Kier molecular flexibility index (Phi) is 15.6. The second kappa shape index (κ2) is 11.3. The summed E-state index contributed by atoms with van der Waals surface area (Å²) < 4.78 is 0. The van der Waals surface area contributed by atoms with Crippen LogP contribution in [-0.4, -0.2) is 42.9 Å². The Morgan fingerprint density at radius 2 is 1.11 bits per heavy atom. The Morgan fingerprint density at radius 3 is 1.22 bits per heavy atom. The zero-order valence-corrected chi connectivity index (χ0v) is 9.49. The predicted molar refractivity (Wildman–Crippen MR) is 52.9 cm³/mol. The zero-order valence-electron chi connectivity index (χ0n) is 8.55. The fourth-order valence-corrected chi connectivity index (χ4v) is 0.427. The first-order valence-electron chi connectivity index (χ1n) is 3.29. The molecule has 0 aliphatic carbocycles. The molecule has 1 aromatic rings. The minimum atomic E-state index is -2.07. The maximum atomic E-state index is 9.04. The van der Waals surface area contributed by atoms with E-state index in [-0.39, 0.29) is 45.9 Å². The molecular weight excluding hydrogens is 304 g/mol. The average Bonchev–Trinajstić information content (AvgIpc) is 2.01. The van der Waals surface area contributed by atoms with Crippen LogP contribution in [0.1, 0.15) is 0 Å². The van der Waals surface area contributed by atoms with Crippen LogP contribution < -0.4 is 22.3 Å². The molecule has 1 aromatic heterocycles. The number of aliphatic carboxylic acids is 2. The van der Waals surface area contributed by atoms with Gasteiger partial charge in [0.2, 0.25) is 17.8 Å². The van der Waals surface area contributed by atoms with E-state index in [4.69, 9.17) is 37.0 Å². The van der Waals surface area contributed by atoms with Crippen LogP contribution in [0, 0.1) is 0 Å². The third-order valence-electron chi connectivity index (χ3n) is 0.862. The number of nitrogens with zero attached hydrogens (tertiary/aromatic N) is 3. The van der Waals surface area contributed by atoms with E-state index in [0.717, 1.165) is 0 Å². The van der Waals surface area contributed by atoms with E-state index in [1.54, 1.807) is 0 Å². The predicted octanol–water partition coefficient (Wildman–Crippen LogP) is -5.21. The first-order valence-corrected chi connectivity index (χ1v) is 3.29. The van der Waals surface area contributed by atoms with Gasteiger partial charge in [-0.25, -0.2) is 4.79 Å². The van der Waals surface area contributed by atoms with E-state index < -0.39 is 11.9 Å². The minimum Gasteiger partial charge on any atom is -0.539 e. The van der Waals surface area contributed by atoms with Crippen LogP contribution in [-0.2, 0) is 26.7 Å².